The van der Waals surface area contributed by atoms with E-state index in [0.29, 0.717) is 84.0 Å². The molecule has 0 saturated heterocycles. The van der Waals surface area contributed by atoms with Crippen molar-refractivity contribution in [1.82, 2.24) is 9.80 Å². The second kappa shape index (κ2) is 43.4. The van der Waals surface area contributed by atoms with Crippen LogP contribution >= 0.6 is 0 Å². The monoisotopic (exact) mass is 1440 g/mol. The Labute approximate surface area is 626 Å². The largest absolute Gasteiger partial charge is 0.501 e. The van der Waals surface area contributed by atoms with Crippen molar-refractivity contribution in [2.75, 3.05) is 42.5 Å². The first-order valence-corrected chi connectivity index (χ1v) is 38.8. The van der Waals surface area contributed by atoms with Crippen molar-refractivity contribution in [3.05, 3.63) is 154 Å². The summed E-state index contributed by atoms with van der Waals surface area (Å²) >= 11 is 0. The SMILES string of the molecule is C=C(OC)C1CC(c2ccccc2C)C[C@H](C)C1.CC(=O)N(C)C1CC(c2ccccc2C)C[C@H](C)C1.CC(=O)OC1CC(C)CC(OC(C)=O)C1.CC(=O)OC1CC(c2ccccc2C)C[C@H](C)C1.COC(=O)C1CC(C)CC(C(=O)OC)C1.Cc1ccccc1C1CC(C(=O)N(C)C)C[C@@H](C)C1. The molecule has 0 bridgehead atoms. The molecule has 0 aromatic heterocycles. The molecule has 0 aliphatic heterocycles. The summed E-state index contributed by atoms with van der Waals surface area (Å²) in [6.45, 7) is 32.1. The molecule has 4 aromatic rings. The summed E-state index contributed by atoms with van der Waals surface area (Å²) in [5, 5.41) is 0. The molecule has 12 unspecified atom stereocenters. The zero-order valence-corrected chi connectivity index (χ0v) is 67.3. The molecule has 0 radical (unpaired) electrons. The van der Waals surface area contributed by atoms with Gasteiger partial charge in [-0.25, -0.2) is 0 Å². The number of carbonyl (C=O) groups is 7. The van der Waals surface area contributed by atoms with Gasteiger partial charge in [-0.1, -0.05) is 145 Å². The number of rotatable bonds is 13. The zero-order chi connectivity index (χ0) is 77.1. The van der Waals surface area contributed by atoms with E-state index in [0.717, 1.165) is 75.9 Å². The first-order valence-electron chi connectivity index (χ1n) is 38.8. The molecular weight excluding hydrogens is 1300 g/mol. The van der Waals surface area contributed by atoms with Gasteiger partial charge >= 0.3 is 29.8 Å². The van der Waals surface area contributed by atoms with Crippen LogP contribution < -0.4 is 0 Å². The number of hydrogen-bond donors (Lipinski definition) is 0. The number of hydrogen-bond acceptors (Lipinski definition) is 13. The zero-order valence-electron chi connectivity index (χ0n) is 67.3. The first-order chi connectivity index (χ1) is 49.2. The van der Waals surface area contributed by atoms with E-state index in [1.165, 1.54) is 118 Å². The van der Waals surface area contributed by atoms with Gasteiger partial charge in [0.15, 0.2) is 0 Å². The van der Waals surface area contributed by atoms with Crippen LogP contribution in [0.15, 0.2) is 109 Å². The van der Waals surface area contributed by atoms with Crippen LogP contribution in [0.5, 0.6) is 0 Å². The normalized spacial score (nSPS) is 28.4. The summed E-state index contributed by atoms with van der Waals surface area (Å²) < 4.78 is 30.5. The van der Waals surface area contributed by atoms with Gasteiger partial charge in [0.2, 0.25) is 11.8 Å². The lowest BCUT2D eigenvalue weighted by Gasteiger charge is -2.38. The Kier molecular flexibility index (Phi) is 36.4. The number of amides is 2. The van der Waals surface area contributed by atoms with Gasteiger partial charge in [-0.05, 0) is 241 Å². The molecule has 104 heavy (non-hydrogen) atoms. The third kappa shape index (κ3) is 28.5. The molecule has 576 valence electrons. The average Bonchev–Trinajstić information content (AvgIpc) is 0.851. The standard InChI is InChI=1S/2C17H25NO.C17H24O.C16H22O2.2C11H18O4/c1-12-9-14(16-8-6-5-7-13(16)2)11-15(10-12)17(19)18(3)4;1-12-9-15(17-8-6-5-7-13(17)2)11-16(10-12)18(4)14(3)19;1-12-9-15(14(3)18-4)11-16(10-12)17-8-6-5-7-13(17)2;1-11-8-14(10-15(9-11)18-13(3)17)16-7-5-4-6-12(16)2;1-7-4-8(10(12)14-2)6-9(5-7)11(13)15-3;1-7-4-10(14-8(2)12)6-11(5-7)15-9(3)13/h5-8,12,14-15H,9-11H2,1-4H3;5-8,12,15-16H,9-11H2,1-4H3;5-8,12,15-16H,3,9-11H2,1-2,4H3;4-7,11,14-15H,8-10H2,1-3H3;7-9H,4-6H2,1-3H3;7,10-11H,4-6H2,1-3H3/t12-,14?,15?;2*12-,15?,16?;11-,14?,15?;;/m0010../s1. The molecule has 6 saturated carbocycles. The van der Waals surface area contributed by atoms with Gasteiger partial charge in [0.25, 0.3) is 0 Å². The van der Waals surface area contributed by atoms with E-state index in [1.54, 1.807) is 18.9 Å². The number of methoxy groups -OCH3 is 3. The van der Waals surface area contributed by atoms with Crippen molar-refractivity contribution < 1.29 is 62.0 Å². The number of nitrogens with zero attached hydrogens (tertiary/aromatic N) is 2. The van der Waals surface area contributed by atoms with E-state index in [1.807, 2.05) is 33.0 Å². The van der Waals surface area contributed by atoms with Crippen molar-refractivity contribution >= 4 is 41.7 Å². The lowest BCUT2D eigenvalue weighted by molar-refractivity contribution is -0.158. The van der Waals surface area contributed by atoms with Gasteiger partial charge in [0.05, 0.1) is 38.9 Å². The highest BCUT2D eigenvalue weighted by atomic mass is 16.6. The maximum atomic E-state index is 12.2. The number of esters is 5. The van der Waals surface area contributed by atoms with Gasteiger partial charge in [-0.2, -0.15) is 0 Å². The van der Waals surface area contributed by atoms with Crippen LogP contribution in [0.3, 0.4) is 0 Å². The highest BCUT2D eigenvalue weighted by molar-refractivity contribution is 5.79. The fraction of sp³-hybridized carbons (Fsp3) is 0.629. The lowest BCUT2D eigenvalue weighted by atomic mass is 9.72. The van der Waals surface area contributed by atoms with Gasteiger partial charge in [-0.3, -0.25) is 33.6 Å². The molecule has 0 heterocycles. The number of benzene rings is 4. The molecule has 6 fully saturated rings. The fourth-order valence-electron chi connectivity index (χ4n) is 17.9. The third-order valence-electron chi connectivity index (χ3n) is 22.6. The van der Waals surface area contributed by atoms with Crippen molar-refractivity contribution in [2.45, 2.75) is 261 Å². The van der Waals surface area contributed by atoms with E-state index in [-0.39, 0.29) is 71.8 Å². The minimum absolute atomic E-state index is 0.0934. The number of allylic oxidation sites excluding steroid dienone is 1. The Balaban J connectivity index is 0.000000225. The smallest absolute Gasteiger partial charge is 0.308 e. The van der Waals surface area contributed by atoms with Crippen LogP contribution in [0.2, 0.25) is 0 Å². The Morgan fingerprint density at radius 3 is 0.990 bits per heavy atom. The molecule has 6 aliphatic carbocycles. The molecule has 0 spiro atoms. The van der Waals surface area contributed by atoms with E-state index in [2.05, 4.69) is 166 Å². The van der Waals surface area contributed by atoms with Gasteiger partial charge in [0, 0.05) is 73.1 Å². The van der Waals surface area contributed by atoms with Gasteiger partial charge < -0.3 is 38.2 Å². The quantitative estimate of drug-likeness (QED) is 0.0701. The van der Waals surface area contributed by atoms with Crippen molar-refractivity contribution in [3.8, 4) is 0 Å². The minimum Gasteiger partial charge on any atom is -0.501 e. The summed E-state index contributed by atoms with van der Waals surface area (Å²) in [7, 11) is 10.2. The average molecular weight is 1440 g/mol. The van der Waals surface area contributed by atoms with Crippen LogP contribution in [0.4, 0.5) is 0 Å². The van der Waals surface area contributed by atoms with Crippen molar-refractivity contribution in [2.24, 2.45) is 59.2 Å². The summed E-state index contributed by atoms with van der Waals surface area (Å²) in [6, 6.07) is 35.0. The predicted molar refractivity (Wildman–Crippen MR) is 415 cm³/mol. The van der Waals surface area contributed by atoms with E-state index >= 15 is 0 Å². The molecular formula is C89H132N2O13. The lowest BCUT2D eigenvalue weighted by Crippen LogP contribution is -2.40. The predicted octanol–water partition coefficient (Wildman–Crippen LogP) is 18.9. The van der Waals surface area contributed by atoms with Crippen molar-refractivity contribution in [3.63, 3.8) is 0 Å². The number of ether oxygens (including phenoxy) is 6. The van der Waals surface area contributed by atoms with Crippen LogP contribution in [-0.4, -0.2) is 118 Å². The van der Waals surface area contributed by atoms with Crippen LogP contribution in [-0.2, 0) is 62.0 Å². The maximum Gasteiger partial charge on any atom is 0.308 e. The van der Waals surface area contributed by atoms with Crippen molar-refractivity contribution in [1.29, 1.82) is 0 Å². The summed E-state index contributed by atoms with van der Waals surface area (Å²) in [4.78, 5) is 83.0. The molecule has 10 rings (SSSR count). The molecule has 4 aromatic carbocycles. The third-order valence-corrected chi connectivity index (χ3v) is 22.6. The van der Waals surface area contributed by atoms with Crippen LogP contribution in [0.25, 0.3) is 0 Å². The Hall–Kier alpha value is -7.29. The minimum atomic E-state index is -0.268. The second-order valence-electron chi connectivity index (χ2n) is 32.3. The fourth-order valence-corrected chi connectivity index (χ4v) is 17.9. The number of carbonyl (C=O) groups excluding carboxylic acids is 7. The van der Waals surface area contributed by atoms with E-state index in [9.17, 15) is 33.6 Å². The maximum absolute atomic E-state index is 12.2. The molecule has 2 amide bonds. The van der Waals surface area contributed by atoms with Crippen LogP contribution in [0, 0.1) is 86.9 Å². The molecule has 16 atom stereocenters. The van der Waals surface area contributed by atoms with Gasteiger partial charge in [-0.15, -0.1) is 0 Å². The summed E-state index contributed by atoms with van der Waals surface area (Å²) in [5.74, 6) is 6.53. The first kappa shape index (κ1) is 87.3. The molecule has 15 nitrogen and oxygen atoms in total. The Bertz CT molecular complexity index is 3330. The van der Waals surface area contributed by atoms with Crippen LogP contribution in [0.1, 0.15) is 253 Å². The number of aryl methyl sites for hydroxylation is 4. The topological polar surface area (TPSA) is 181 Å². The van der Waals surface area contributed by atoms with E-state index < -0.39 is 0 Å². The van der Waals surface area contributed by atoms with E-state index in [4.69, 9.17) is 28.4 Å². The molecule has 15 heteroatoms. The highest BCUT2D eigenvalue weighted by Crippen LogP contribution is 2.45. The summed E-state index contributed by atoms with van der Waals surface area (Å²) in [5.41, 5.74) is 11.3. The highest BCUT2D eigenvalue weighted by Gasteiger charge is 2.38. The van der Waals surface area contributed by atoms with Gasteiger partial charge in [0.1, 0.15) is 18.3 Å². The Morgan fingerprint density at radius 1 is 0.346 bits per heavy atom. The second-order valence-corrected chi connectivity index (χ2v) is 32.3. The molecule has 6 aliphatic rings. The summed E-state index contributed by atoms with van der Waals surface area (Å²) in [6.07, 6.45) is 18.0. The molecule has 0 N–H and O–H groups in total. The Morgan fingerprint density at radius 2 is 0.644 bits per heavy atom.